The van der Waals surface area contributed by atoms with Gasteiger partial charge in [-0.3, -0.25) is 9.48 Å². The molecule has 2 rings (SSSR count). The average molecular weight is 264 g/mol. The molecule has 8 nitrogen and oxygen atoms in total. The third kappa shape index (κ3) is 2.72. The number of nitrogens with two attached hydrogens (primary N) is 1. The topological polar surface area (TPSA) is 112 Å². The van der Waals surface area contributed by atoms with Crippen LogP contribution in [0.3, 0.4) is 0 Å². The monoisotopic (exact) mass is 264 g/mol. The highest BCUT2D eigenvalue weighted by Gasteiger charge is 2.17. The SMILES string of the molecule is Cc1cc(C)n([C@@H](C)CNC(=O)c2nonc2N)n1. The third-order valence-corrected chi connectivity index (χ3v) is 2.75. The number of aromatic nitrogens is 4. The van der Waals surface area contributed by atoms with E-state index in [1.807, 2.05) is 31.5 Å². The normalized spacial score (nSPS) is 12.4. The zero-order valence-corrected chi connectivity index (χ0v) is 11.0. The molecular weight excluding hydrogens is 248 g/mol. The van der Waals surface area contributed by atoms with Crippen LogP contribution >= 0.6 is 0 Å². The van der Waals surface area contributed by atoms with E-state index in [9.17, 15) is 4.79 Å². The van der Waals surface area contributed by atoms with E-state index in [4.69, 9.17) is 5.73 Å². The molecule has 2 aromatic rings. The van der Waals surface area contributed by atoms with Gasteiger partial charge in [0.05, 0.1) is 11.7 Å². The molecule has 0 saturated heterocycles. The Bertz CT molecular complexity index is 588. The quantitative estimate of drug-likeness (QED) is 0.829. The van der Waals surface area contributed by atoms with Gasteiger partial charge in [-0.2, -0.15) is 5.10 Å². The highest BCUT2D eigenvalue weighted by Crippen LogP contribution is 2.10. The van der Waals surface area contributed by atoms with Crippen molar-refractivity contribution in [1.82, 2.24) is 25.4 Å². The van der Waals surface area contributed by atoms with Gasteiger partial charge in [-0.25, -0.2) is 4.63 Å². The molecule has 0 aliphatic heterocycles. The molecule has 2 aromatic heterocycles. The average Bonchev–Trinajstić information content (AvgIpc) is 2.91. The minimum absolute atomic E-state index is 0.000526. The molecule has 2 heterocycles. The molecule has 19 heavy (non-hydrogen) atoms. The van der Waals surface area contributed by atoms with Crippen LogP contribution in [0, 0.1) is 13.8 Å². The van der Waals surface area contributed by atoms with E-state index >= 15 is 0 Å². The maximum Gasteiger partial charge on any atom is 0.277 e. The molecule has 3 N–H and O–H groups in total. The summed E-state index contributed by atoms with van der Waals surface area (Å²) < 4.78 is 6.24. The predicted octanol–water partition coefficient (Wildman–Crippen LogP) is 0.456. The first-order valence-corrected chi connectivity index (χ1v) is 5.88. The highest BCUT2D eigenvalue weighted by molar-refractivity contribution is 5.95. The van der Waals surface area contributed by atoms with Crippen molar-refractivity contribution in [3.63, 3.8) is 0 Å². The highest BCUT2D eigenvalue weighted by atomic mass is 16.6. The van der Waals surface area contributed by atoms with E-state index in [1.165, 1.54) is 0 Å². The largest absolute Gasteiger partial charge is 0.379 e. The number of nitrogens with zero attached hydrogens (tertiary/aromatic N) is 4. The van der Waals surface area contributed by atoms with Crippen LogP contribution in [0.2, 0.25) is 0 Å². The van der Waals surface area contributed by atoms with E-state index in [1.54, 1.807) is 0 Å². The fraction of sp³-hybridized carbons (Fsp3) is 0.455. The molecular formula is C11H16N6O2. The van der Waals surface area contributed by atoms with Gasteiger partial charge in [0, 0.05) is 12.2 Å². The van der Waals surface area contributed by atoms with E-state index in [0.29, 0.717) is 6.54 Å². The van der Waals surface area contributed by atoms with Gasteiger partial charge >= 0.3 is 0 Å². The summed E-state index contributed by atoms with van der Waals surface area (Å²) >= 11 is 0. The van der Waals surface area contributed by atoms with Crippen LogP contribution in [0.25, 0.3) is 0 Å². The van der Waals surface area contributed by atoms with Gasteiger partial charge in [0.1, 0.15) is 0 Å². The summed E-state index contributed by atoms with van der Waals surface area (Å²) in [5.74, 6) is -0.427. The van der Waals surface area contributed by atoms with Crippen LogP contribution in [0.4, 0.5) is 5.82 Å². The van der Waals surface area contributed by atoms with Crippen LogP contribution < -0.4 is 11.1 Å². The summed E-state index contributed by atoms with van der Waals surface area (Å²) in [6.07, 6.45) is 0. The number of amides is 1. The summed E-state index contributed by atoms with van der Waals surface area (Å²) in [6, 6.07) is 2.01. The Kier molecular flexibility index (Phi) is 3.50. The molecule has 102 valence electrons. The van der Waals surface area contributed by atoms with Crippen LogP contribution in [-0.4, -0.2) is 32.5 Å². The number of anilines is 1. The van der Waals surface area contributed by atoms with Crippen molar-refractivity contribution in [2.45, 2.75) is 26.8 Å². The number of aryl methyl sites for hydroxylation is 2. The molecule has 1 atom stereocenters. The molecule has 1 amide bonds. The predicted molar refractivity (Wildman–Crippen MR) is 67.5 cm³/mol. The molecule has 0 aliphatic rings. The van der Waals surface area contributed by atoms with Gasteiger partial charge in [0.25, 0.3) is 5.91 Å². The van der Waals surface area contributed by atoms with Crippen molar-refractivity contribution in [2.75, 3.05) is 12.3 Å². The van der Waals surface area contributed by atoms with Crippen molar-refractivity contribution in [1.29, 1.82) is 0 Å². The van der Waals surface area contributed by atoms with E-state index in [-0.39, 0.29) is 17.6 Å². The fourth-order valence-corrected chi connectivity index (χ4v) is 1.86. The Morgan fingerprint density at radius 3 is 2.79 bits per heavy atom. The Morgan fingerprint density at radius 1 is 1.53 bits per heavy atom. The van der Waals surface area contributed by atoms with Gasteiger partial charge < -0.3 is 11.1 Å². The minimum Gasteiger partial charge on any atom is -0.379 e. The standard InChI is InChI=1S/C11H16N6O2/c1-6-4-7(2)17(14-6)8(3)5-13-11(18)9-10(12)16-19-15-9/h4,8H,5H2,1-3H3,(H2,12,16)(H,13,18)/t8-/m0/s1. The van der Waals surface area contributed by atoms with Crippen LogP contribution in [0.1, 0.15) is 34.8 Å². The van der Waals surface area contributed by atoms with Gasteiger partial charge in [0.15, 0.2) is 0 Å². The van der Waals surface area contributed by atoms with Crippen molar-refractivity contribution >= 4 is 11.7 Å². The zero-order chi connectivity index (χ0) is 14.0. The molecule has 0 saturated carbocycles. The number of nitrogen functional groups attached to an aromatic ring is 1. The second kappa shape index (κ2) is 5.09. The lowest BCUT2D eigenvalue weighted by molar-refractivity contribution is 0.0938. The first-order chi connectivity index (χ1) is 8.99. The van der Waals surface area contributed by atoms with E-state index < -0.39 is 5.91 Å². The second-order valence-corrected chi connectivity index (χ2v) is 4.43. The van der Waals surface area contributed by atoms with Gasteiger partial charge in [0.2, 0.25) is 11.5 Å². The molecule has 0 fully saturated rings. The number of rotatable bonds is 4. The van der Waals surface area contributed by atoms with E-state index in [0.717, 1.165) is 11.4 Å². The summed E-state index contributed by atoms with van der Waals surface area (Å²) in [6.45, 7) is 6.27. The number of hydrogen-bond donors (Lipinski definition) is 2. The third-order valence-electron chi connectivity index (χ3n) is 2.75. The zero-order valence-electron chi connectivity index (χ0n) is 11.0. The summed E-state index contributed by atoms with van der Waals surface area (Å²) in [4.78, 5) is 11.8. The maximum absolute atomic E-state index is 11.8. The Hall–Kier alpha value is -2.38. The number of carbonyl (C=O) groups is 1. The molecule has 0 radical (unpaired) electrons. The molecule has 0 unspecified atom stereocenters. The smallest absolute Gasteiger partial charge is 0.277 e. The molecule has 0 aromatic carbocycles. The van der Waals surface area contributed by atoms with Gasteiger partial charge in [-0.15, -0.1) is 0 Å². The van der Waals surface area contributed by atoms with Gasteiger partial charge in [-0.05, 0) is 37.2 Å². The van der Waals surface area contributed by atoms with Crippen molar-refractivity contribution in [3.8, 4) is 0 Å². The Balaban J connectivity index is 1.97. The Morgan fingerprint density at radius 2 is 2.26 bits per heavy atom. The number of hydrogen-bond acceptors (Lipinski definition) is 6. The minimum atomic E-state index is -0.410. The molecule has 0 spiro atoms. The number of nitrogens with one attached hydrogen (secondary N) is 1. The van der Waals surface area contributed by atoms with Crippen LogP contribution in [0.15, 0.2) is 10.7 Å². The van der Waals surface area contributed by atoms with Crippen molar-refractivity contribution < 1.29 is 9.42 Å². The fourth-order valence-electron chi connectivity index (χ4n) is 1.86. The first-order valence-electron chi connectivity index (χ1n) is 5.88. The summed E-state index contributed by atoms with van der Waals surface area (Å²) in [5.41, 5.74) is 7.43. The van der Waals surface area contributed by atoms with Crippen LogP contribution in [0.5, 0.6) is 0 Å². The lowest BCUT2D eigenvalue weighted by Gasteiger charge is -2.14. The maximum atomic E-state index is 11.8. The van der Waals surface area contributed by atoms with Crippen molar-refractivity contribution in [2.24, 2.45) is 0 Å². The Labute approximate surface area is 109 Å². The number of carbonyl (C=O) groups excluding carboxylic acids is 1. The molecule has 0 bridgehead atoms. The van der Waals surface area contributed by atoms with Crippen LogP contribution in [-0.2, 0) is 0 Å². The summed E-state index contributed by atoms with van der Waals surface area (Å²) in [5, 5.41) is 13.9. The lowest BCUT2D eigenvalue weighted by atomic mass is 10.3. The molecule has 0 aliphatic carbocycles. The summed E-state index contributed by atoms with van der Waals surface area (Å²) in [7, 11) is 0. The second-order valence-electron chi connectivity index (χ2n) is 4.43. The van der Waals surface area contributed by atoms with Crippen molar-refractivity contribution in [3.05, 3.63) is 23.1 Å². The van der Waals surface area contributed by atoms with Gasteiger partial charge in [-0.1, -0.05) is 0 Å². The molecule has 8 heteroatoms. The lowest BCUT2D eigenvalue weighted by Crippen LogP contribution is -2.31. The van der Waals surface area contributed by atoms with E-state index in [2.05, 4.69) is 25.4 Å². The first kappa shape index (κ1) is 13.1.